The molecule has 0 heterocycles. The molecule has 114 valence electrons. The summed E-state index contributed by atoms with van der Waals surface area (Å²) in [7, 11) is -3.56. The summed E-state index contributed by atoms with van der Waals surface area (Å²) >= 11 is 0. The first-order valence-corrected chi connectivity index (χ1v) is 8.54. The van der Waals surface area contributed by atoms with E-state index < -0.39 is 27.3 Å². The summed E-state index contributed by atoms with van der Waals surface area (Å²) in [4.78, 5) is 11.4. The highest BCUT2D eigenvalue weighted by Crippen LogP contribution is 2.38. The minimum absolute atomic E-state index is 0.00265. The fourth-order valence-electron chi connectivity index (χ4n) is 2.37. The van der Waals surface area contributed by atoms with Gasteiger partial charge in [0.25, 0.3) is 0 Å². The molecule has 1 unspecified atom stereocenters. The highest BCUT2D eigenvalue weighted by atomic mass is 32.2. The van der Waals surface area contributed by atoms with Crippen LogP contribution in [0.1, 0.15) is 39.5 Å². The third-order valence-electron chi connectivity index (χ3n) is 3.56. The van der Waals surface area contributed by atoms with Gasteiger partial charge in [0.2, 0.25) is 10.0 Å². The molecule has 0 aromatic rings. The fourth-order valence-corrected chi connectivity index (χ4v) is 4.06. The quantitative estimate of drug-likeness (QED) is 0.713. The van der Waals surface area contributed by atoms with E-state index in [1.807, 2.05) is 0 Å². The third kappa shape index (κ3) is 4.76. The van der Waals surface area contributed by atoms with Crippen molar-refractivity contribution in [3.8, 4) is 6.07 Å². The molecular weight excluding hydrogens is 280 g/mol. The highest BCUT2D eigenvalue weighted by Gasteiger charge is 2.38. The van der Waals surface area contributed by atoms with E-state index in [0.717, 1.165) is 12.8 Å². The number of nitrogens with zero attached hydrogens (tertiary/aromatic N) is 1. The first-order chi connectivity index (χ1) is 9.34. The number of hydrogen-bond donors (Lipinski definition) is 1. The zero-order valence-electron chi connectivity index (χ0n) is 12.0. The largest absolute Gasteiger partial charge is 0.466 e. The van der Waals surface area contributed by atoms with Crippen molar-refractivity contribution in [1.29, 1.82) is 5.26 Å². The monoisotopic (exact) mass is 302 g/mol. The van der Waals surface area contributed by atoms with Crippen LogP contribution < -0.4 is 4.72 Å². The van der Waals surface area contributed by atoms with Crippen molar-refractivity contribution in [2.75, 3.05) is 18.9 Å². The maximum absolute atomic E-state index is 12.0. The predicted octanol–water partition coefficient (Wildman–Crippen LogP) is 1.19. The number of hydrogen-bond acceptors (Lipinski definition) is 5. The smallest absolute Gasteiger partial charge is 0.309 e. The first kappa shape index (κ1) is 16.9. The van der Waals surface area contributed by atoms with E-state index in [0.29, 0.717) is 12.8 Å². The number of rotatable bonds is 7. The summed E-state index contributed by atoms with van der Waals surface area (Å²) in [5, 5.41) is 9.20. The van der Waals surface area contributed by atoms with Gasteiger partial charge in [-0.1, -0.05) is 19.8 Å². The second-order valence-corrected chi connectivity index (χ2v) is 7.17. The number of sulfonamides is 1. The van der Waals surface area contributed by atoms with Gasteiger partial charge in [-0.15, -0.1) is 0 Å². The molecular formula is C13H22N2O4S. The van der Waals surface area contributed by atoms with Gasteiger partial charge >= 0.3 is 5.97 Å². The van der Waals surface area contributed by atoms with E-state index in [2.05, 4.69) is 10.8 Å². The van der Waals surface area contributed by atoms with Crippen molar-refractivity contribution >= 4 is 16.0 Å². The van der Waals surface area contributed by atoms with Gasteiger partial charge < -0.3 is 4.74 Å². The topological polar surface area (TPSA) is 96.3 Å². The molecule has 1 saturated carbocycles. The molecule has 7 heteroatoms. The summed E-state index contributed by atoms with van der Waals surface area (Å²) in [5.74, 6) is -1.15. The van der Waals surface area contributed by atoms with Gasteiger partial charge in [-0.3, -0.25) is 4.79 Å². The second-order valence-electron chi connectivity index (χ2n) is 5.36. The lowest BCUT2D eigenvalue weighted by atomic mass is 9.91. The van der Waals surface area contributed by atoms with Crippen LogP contribution in [-0.4, -0.2) is 33.3 Å². The molecule has 1 rings (SSSR count). The molecule has 1 aliphatic rings. The predicted molar refractivity (Wildman–Crippen MR) is 74.1 cm³/mol. The van der Waals surface area contributed by atoms with E-state index in [-0.39, 0.29) is 18.9 Å². The molecule has 0 saturated heterocycles. The molecule has 0 aromatic heterocycles. The van der Waals surface area contributed by atoms with Crippen molar-refractivity contribution in [2.45, 2.75) is 39.5 Å². The normalized spacial score (nSPS) is 19.2. The van der Waals surface area contributed by atoms with Crippen molar-refractivity contribution in [1.82, 2.24) is 4.72 Å². The summed E-state index contributed by atoms with van der Waals surface area (Å²) < 4.78 is 31.3. The summed E-state index contributed by atoms with van der Waals surface area (Å²) in [6, 6.07) is 2.15. The van der Waals surface area contributed by atoms with Gasteiger partial charge in [0, 0.05) is 6.54 Å². The standard InChI is InChI=1S/C13H22N2O4S/c1-3-19-12(16)11(2)8-15-20(17,18)10-13(9-14)6-4-5-7-13/h11,15H,3-8,10H2,1-2H3. The van der Waals surface area contributed by atoms with Crippen LogP contribution in [0, 0.1) is 22.7 Å². The lowest BCUT2D eigenvalue weighted by Crippen LogP contribution is -2.38. The zero-order chi connectivity index (χ0) is 15.2. The van der Waals surface area contributed by atoms with Gasteiger partial charge in [-0.25, -0.2) is 13.1 Å². The van der Waals surface area contributed by atoms with Gasteiger partial charge in [0.05, 0.1) is 29.8 Å². The van der Waals surface area contributed by atoms with Crippen molar-refractivity contribution in [3.63, 3.8) is 0 Å². The molecule has 20 heavy (non-hydrogen) atoms. The van der Waals surface area contributed by atoms with Crippen LogP contribution in [0.4, 0.5) is 0 Å². The maximum Gasteiger partial charge on any atom is 0.309 e. The number of carbonyl (C=O) groups is 1. The Kier molecular flexibility index (Phi) is 5.96. The Bertz CT molecular complexity index is 475. The number of nitrogens with one attached hydrogen (secondary N) is 1. The summed E-state index contributed by atoms with van der Waals surface area (Å²) in [6.45, 7) is 3.58. The molecule has 0 aliphatic heterocycles. The molecule has 0 bridgehead atoms. The van der Waals surface area contributed by atoms with Crippen LogP contribution in [-0.2, 0) is 19.6 Å². The van der Waals surface area contributed by atoms with Crippen molar-refractivity contribution < 1.29 is 17.9 Å². The Hall–Kier alpha value is -1.13. The molecule has 1 atom stereocenters. The zero-order valence-corrected chi connectivity index (χ0v) is 12.8. The third-order valence-corrected chi connectivity index (χ3v) is 5.10. The van der Waals surface area contributed by atoms with E-state index in [4.69, 9.17) is 4.74 Å². The number of carbonyl (C=O) groups excluding carboxylic acids is 1. The Balaban J connectivity index is 2.54. The van der Waals surface area contributed by atoms with Gasteiger partial charge in [0.15, 0.2) is 0 Å². The Morgan fingerprint density at radius 2 is 2.05 bits per heavy atom. The molecule has 1 fully saturated rings. The minimum atomic E-state index is -3.56. The van der Waals surface area contributed by atoms with Crippen LogP contribution in [0.5, 0.6) is 0 Å². The number of nitriles is 1. The summed E-state index contributed by atoms with van der Waals surface area (Å²) in [5.41, 5.74) is -0.765. The van der Waals surface area contributed by atoms with E-state index in [9.17, 15) is 18.5 Å². The van der Waals surface area contributed by atoms with Crippen LogP contribution in [0.3, 0.4) is 0 Å². The molecule has 0 amide bonds. The fraction of sp³-hybridized carbons (Fsp3) is 0.846. The molecule has 0 radical (unpaired) electrons. The minimum Gasteiger partial charge on any atom is -0.466 e. The van der Waals surface area contributed by atoms with Crippen molar-refractivity contribution in [3.05, 3.63) is 0 Å². The van der Waals surface area contributed by atoms with Crippen LogP contribution in [0.25, 0.3) is 0 Å². The average Bonchev–Trinajstić information content (AvgIpc) is 2.84. The van der Waals surface area contributed by atoms with Crippen LogP contribution >= 0.6 is 0 Å². The van der Waals surface area contributed by atoms with E-state index in [1.165, 1.54) is 0 Å². The Labute approximate surface area is 120 Å². The molecule has 0 spiro atoms. The number of esters is 1. The molecule has 0 aromatic carbocycles. The van der Waals surface area contributed by atoms with Crippen molar-refractivity contribution in [2.24, 2.45) is 11.3 Å². The lowest BCUT2D eigenvalue weighted by Gasteiger charge is -2.20. The SMILES string of the molecule is CCOC(=O)C(C)CNS(=O)(=O)CC1(C#N)CCCC1. The van der Waals surface area contributed by atoms with Gasteiger partial charge in [-0.2, -0.15) is 5.26 Å². The lowest BCUT2D eigenvalue weighted by molar-refractivity contribution is -0.147. The number of ether oxygens (including phenoxy) is 1. The molecule has 6 nitrogen and oxygen atoms in total. The second kappa shape index (κ2) is 7.04. The maximum atomic E-state index is 12.0. The van der Waals surface area contributed by atoms with E-state index in [1.54, 1.807) is 13.8 Å². The Morgan fingerprint density at radius 1 is 1.45 bits per heavy atom. The Morgan fingerprint density at radius 3 is 2.55 bits per heavy atom. The van der Waals surface area contributed by atoms with Gasteiger partial charge in [0.1, 0.15) is 0 Å². The first-order valence-electron chi connectivity index (χ1n) is 6.89. The highest BCUT2D eigenvalue weighted by molar-refractivity contribution is 7.89. The van der Waals surface area contributed by atoms with E-state index >= 15 is 0 Å². The molecule has 1 aliphatic carbocycles. The summed E-state index contributed by atoms with van der Waals surface area (Å²) in [6.07, 6.45) is 3.03. The molecule has 1 N–H and O–H groups in total. The average molecular weight is 302 g/mol. The van der Waals surface area contributed by atoms with Gasteiger partial charge in [-0.05, 0) is 19.8 Å². The van der Waals surface area contributed by atoms with Crippen LogP contribution in [0.2, 0.25) is 0 Å². The van der Waals surface area contributed by atoms with Crippen LogP contribution in [0.15, 0.2) is 0 Å².